The number of hydrogen-bond acceptors (Lipinski definition) is 1. The summed E-state index contributed by atoms with van der Waals surface area (Å²) in [6, 6.07) is 7.30. The van der Waals surface area contributed by atoms with Crippen molar-refractivity contribution in [3.05, 3.63) is 34.3 Å². The van der Waals surface area contributed by atoms with Gasteiger partial charge in [0.05, 0.1) is 0 Å². The van der Waals surface area contributed by atoms with Crippen LogP contribution in [0.4, 0.5) is 0 Å². The number of benzene rings is 1. The molecular weight excluding hydrogens is 204 g/mol. The summed E-state index contributed by atoms with van der Waals surface area (Å²) >= 11 is 3.28. The first-order valence-electron chi connectivity index (χ1n) is 3.13. The number of hydrogen-bond donors (Lipinski definition) is 1. The van der Waals surface area contributed by atoms with Gasteiger partial charge in [-0.2, -0.15) is 0 Å². The third kappa shape index (κ3) is 2.07. The van der Waals surface area contributed by atoms with E-state index in [4.69, 9.17) is 6.42 Å². The van der Waals surface area contributed by atoms with Crippen LogP contribution in [0.5, 0.6) is 0 Å². The number of terminal acetylenes is 1. The van der Waals surface area contributed by atoms with Crippen molar-refractivity contribution in [1.29, 1.82) is 0 Å². The SMILES string of the molecule is C#C[C@@H](O)c1cccc(Br)c1. The summed E-state index contributed by atoms with van der Waals surface area (Å²) in [5.41, 5.74) is 0.738. The highest BCUT2D eigenvalue weighted by Gasteiger charge is 2.01. The molecule has 0 heterocycles. The van der Waals surface area contributed by atoms with Crippen molar-refractivity contribution in [1.82, 2.24) is 0 Å². The normalized spacial score (nSPS) is 12.1. The summed E-state index contributed by atoms with van der Waals surface area (Å²) in [5, 5.41) is 9.20. The summed E-state index contributed by atoms with van der Waals surface area (Å²) in [6.45, 7) is 0. The minimum absolute atomic E-state index is 0.738. The molecule has 1 N–H and O–H groups in total. The summed E-state index contributed by atoms with van der Waals surface area (Å²) < 4.78 is 0.921. The fourth-order valence-electron chi connectivity index (χ4n) is 0.773. The van der Waals surface area contributed by atoms with Gasteiger partial charge in [0.15, 0.2) is 0 Å². The van der Waals surface area contributed by atoms with E-state index in [1.54, 1.807) is 12.1 Å². The second-order valence-electron chi connectivity index (χ2n) is 2.12. The lowest BCUT2D eigenvalue weighted by Gasteiger charge is -2.02. The number of aliphatic hydroxyl groups is 1. The average Bonchev–Trinajstić information content (AvgIpc) is 2.03. The molecule has 1 rings (SSSR count). The molecule has 0 unspecified atom stereocenters. The monoisotopic (exact) mass is 210 g/mol. The Morgan fingerprint density at radius 2 is 2.27 bits per heavy atom. The van der Waals surface area contributed by atoms with E-state index in [-0.39, 0.29) is 0 Å². The summed E-state index contributed by atoms with van der Waals surface area (Å²) in [6.07, 6.45) is 4.24. The Morgan fingerprint density at radius 3 is 2.82 bits per heavy atom. The van der Waals surface area contributed by atoms with Gasteiger partial charge in [0.2, 0.25) is 0 Å². The second-order valence-corrected chi connectivity index (χ2v) is 3.04. The van der Waals surface area contributed by atoms with E-state index < -0.39 is 6.10 Å². The van der Waals surface area contributed by atoms with Crippen LogP contribution in [0.1, 0.15) is 11.7 Å². The van der Waals surface area contributed by atoms with Crippen LogP contribution < -0.4 is 0 Å². The van der Waals surface area contributed by atoms with Crippen LogP contribution in [-0.2, 0) is 0 Å². The van der Waals surface area contributed by atoms with E-state index in [1.807, 2.05) is 12.1 Å². The quantitative estimate of drug-likeness (QED) is 0.705. The minimum Gasteiger partial charge on any atom is -0.376 e. The van der Waals surface area contributed by atoms with E-state index >= 15 is 0 Å². The topological polar surface area (TPSA) is 20.2 Å². The first kappa shape index (κ1) is 8.32. The number of aliphatic hydroxyl groups excluding tert-OH is 1. The first-order chi connectivity index (χ1) is 5.24. The van der Waals surface area contributed by atoms with Gasteiger partial charge < -0.3 is 5.11 Å². The van der Waals surface area contributed by atoms with Gasteiger partial charge in [-0.15, -0.1) is 6.42 Å². The third-order valence-electron chi connectivity index (χ3n) is 1.32. The molecule has 0 amide bonds. The highest BCUT2D eigenvalue weighted by Crippen LogP contribution is 2.16. The van der Waals surface area contributed by atoms with E-state index in [9.17, 15) is 5.11 Å². The van der Waals surface area contributed by atoms with Crippen molar-refractivity contribution < 1.29 is 5.11 Å². The molecule has 1 aromatic rings. The molecule has 0 aliphatic carbocycles. The average molecular weight is 211 g/mol. The fraction of sp³-hybridized carbons (Fsp3) is 0.111. The van der Waals surface area contributed by atoms with Gasteiger partial charge in [0, 0.05) is 4.47 Å². The van der Waals surface area contributed by atoms with Crippen molar-refractivity contribution in [3.8, 4) is 12.3 Å². The number of halogens is 1. The van der Waals surface area contributed by atoms with Gasteiger partial charge in [-0.05, 0) is 17.7 Å². The van der Waals surface area contributed by atoms with Gasteiger partial charge in [-0.25, -0.2) is 0 Å². The van der Waals surface area contributed by atoms with Crippen LogP contribution in [0.25, 0.3) is 0 Å². The van der Waals surface area contributed by atoms with E-state index in [0.717, 1.165) is 10.0 Å². The molecule has 1 atom stereocenters. The molecule has 0 aliphatic rings. The summed E-state index contributed by atoms with van der Waals surface area (Å²) in [4.78, 5) is 0. The van der Waals surface area contributed by atoms with E-state index in [2.05, 4.69) is 21.9 Å². The molecule has 56 valence electrons. The fourth-order valence-corrected chi connectivity index (χ4v) is 1.19. The van der Waals surface area contributed by atoms with Gasteiger partial charge in [-0.1, -0.05) is 34.0 Å². The van der Waals surface area contributed by atoms with Crippen LogP contribution >= 0.6 is 15.9 Å². The van der Waals surface area contributed by atoms with Crippen LogP contribution in [-0.4, -0.2) is 5.11 Å². The Hall–Kier alpha value is -0.780. The molecule has 0 saturated heterocycles. The van der Waals surface area contributed by atoms with Crippen LogP contribution in [0.2, 0.25) is 0 Å². The molecule has 0 aliphatic heterocycles. The van der Waals surface area contributed by atoms with Gasteiger partial charge >= 0.3 is 0 Å². The van der Waals surface area contributed by atoms with Gasteiger partial charge in [0.1, 0.15) is 6.10 Å². The Labute approximate surface area is 74.2 Å². The molecule has 0 fully saturated rings. The summed E-state index contributed by atoms with van der Waals surface area (Å²) in [5.74, 6) is 2.24. The highest BCUT2D eigenvalue weighted by atomic mass is 79.9. The zero-order valence-electron chi connectivity index (χ0n) is 5.79. The first-order valence-corrected chi connectivity index (χ1v) is 3.93. The Bertz CT molecular complexity index is 288. The van der Waals surface area contributed by atoms with Gasteiger partial charge in [0.25, 0.3) is 0 Å². The molecule has 1 aromatic carbocycles. The van der Waals surface area contributed by atoms with Crippen LogP contribution in [0.3, 0.4) is 0 Å². The number of rotatable bonds is 1. The van der Waals surface area contributed by atoms with E-state index in [1.165, 1.54) is 0 Å². The summed E-state index contributed by atoms with van der Waals surface area (Å²) in [7, 11) is 0. The Morgan fingerprint density at radius 1 is 1.55 bits per heavy atom. The third-order valence-corrected chi connectivity index (χ3v) is 1.82. The second kappa shape index (κ2) is 3.56. The smallest absolute Gasteiger partial charge is 0.140 e. The van der Waals surface area contributed by atoms with Crippen LogP contribution in [0.15, 0.2) is 28.7 Å². The molecule has 0 aromatic heterocycles. The van der Waals surface area contributed by atoms with Crippen molar-refractivity contribution in [2.75, 3.05) is 0 Å². The lowest BCUT2D eigenvalue weighted by atomic mass is 10.1. The Balaban J connectivity index is 2.98. The molecule has 11 heavy (non-hydrogen) atoms. The maximum absolute atomic E-state index is 9.20. The van der Waals surface area contributed by atoms with Crippen molar-refractivity contribution in [2.24, 2.45) is 0 Å². The zero-order chi connectivity index (χ0) is 8.27. The predicted octanol–water partition coefficient (Wildman–Crippen LogP) is 2.12. The minimum atomic E-state index is -0.799. The highest BCUT2D eigenvalue weighted by molar-refractivity contribution is 9.10. The molecule has 0 bridgehead atoms. The maximum atomic E-state index is 9.20. The Kier molecular flexibility index (Phi) is 2.70. The standard InChI is InChI=1S/C9H7BrO/c1-2-9(11)7-4-3-5-8(10)6-7/h1,3-6,9,11H/t9-/m1/s1. The van der Waals surface area contributed by atoms with Crippen molar-refractivity contribution in [3.63, 3.8) is 0 Å². The van der Waals surface area contributed by atoms with Crippen LogP contribution in [0, 0.1) is 12.3 Å². The largest absolute Gasteiger partial charge is 0.376 e. The molecular formula is C9H7BrO. The van der Waals surface area contributed by atoms with Gasteiger partial charge in [-0.3, -0.25) is 0 Å². The molecule has 2 heteroatoms. The molecule has 0 saturated carbocycles. The molecule has 1 nitrogen and oxygen atoms in total. The molecule has 0 radical (unpaired) electrons. The van der Waals surface area contributed by atoms with Crippen molar-refractivity contribution >= 4 is 15.9 Å². The van der Waals surface area contributed by atoms with E-state index in [0.29, 0.717) is 0 Å². The lowest BCUT2D eigenvalue weighted by Crippen LogP contribution is -1.91. The predicted molar refractivity (Wildman–Crippen MR) is 47.9 cm³/mol. The lowest BCUT2D eigenvalue weighted by molar-refractivity contribution is 0.238. The van der Waals surface area contributed by atoms with Crippen molar-refractivity contribution in [2.45, 2.75) is 6.10 Å². The molecule has 0 spiro atoms. The zero-order valence-corrected chi connectivity index (χ0v) is 7.38. The maximum Gasteiger partial charge on any atom is 0.140 e.